The fourth-order valence-corrected chi connectivity index (χ4v) is 3.29. The van der Waals surface area contributed by atoms with Crippen LogP contribution in [-0.2, 0) is 0 Å². The minimum Gasteiger partial charge on any atom is -0.395 e. The molecule has 2 heterocycles. The first-order valence-electron chi connectivity index (χ1n) is 8.38. The van der Waals surface area contributed by atoms with Crippen molar-refractivity contribution >= 4 is 17.6 Å². The predicted molar refractivity (Wildman–Crippen MR) is 91.4 cm³/mol. The molecule has 0 spiro atoms. The molecule has 7 nitrogen and oxygen atoms in total. The Kier molecular flexibility index (Phi) is 5.01. The number of aryl methyl sites for hydroxylation is 1. The van der Waals surface area contributed by atoms with Gasteiger partial charge in [0, 0.05) is 57.1 Å². The topological polar surface area (TPSA) is 76.1 Å². The monoisotopic (exact) mass is 332 g/mol. The van der Waals surface area contributed by atoms with Crippen molar-refractivity contribution in [1.29, 1.82) is 0 Å². The van der Waals surface area contributed by atoms with E-state index in [1.165, 1.54) is 0 Å². The van der Waals surface area contributed by atoms with E-state index in [1.54, 1.807) is 11.0 Å². The molecule has 0 radical (unpaired) electrons. The van der Waals surface area contributed by atoms with Gasteiger partial charge in [0.25, 0.3) is 5.91 Å². The van der Waals surface area contributed by atoms with Crippen LogP contribution in [0.3, 0.4) is 0 Å². The number of carbonyl (C=O) groups excluding carboxylic acids is 2. The van der Waals surface area contributed by atoms with E-state index >= 15 is 0 Å². The number of aliphatic hydroxyl groups is 1. The van der Waals surface area contributed by atoms with Crippen LogP contribution >= 0.6 is 0 Å². The molecule has 0 atom stereocenters. The molecule has 0 aromatic heterocycles. The Balaban J connectivity index is 1.68. The molecule has 0 bridgehead atoms. The highest BCUT2D eigenvalue weighted by Gasteiger charge is 2.25. The van der Waals surface area contributed by atoms with Crippen molar-refractivity contribution < 1.29 is 14.7 Å². The van der Waals surface area contributed by atoms with Crippen molar-refractivity contribution in [2.24, 2.45) is 0 Å². The predicted octanol–water partition coefficient (Wildman–Crippen LogP) is 0.275. The van der Waals surface area contributed by atoms with Gasteiger partial charge >= 0.3 is 6.03 Å². The summed E-state index contributed by atoms with van der Waals surface area (Å²) in [5, 5.41) is 11.8. The zero-order chi connectivity index (χ0) is 17.1. The smallest absolute Gasteiger partial charge is 0.322 e. The zero-order valence-corrected chi connectivity index (χ0v) is 14.0. The molecule has 0 saturated carbocycles. The van der Waals surface area contributed by atoms with E-state index < -0.39 is 0 Å². The Morgan fingerprint density at radius 2 is 1.96 bits per heavy atom. The number of β-amino-alcohol motifs (C(OH)–C–C–N with tert-alkyl or cyclic N) is 1. The molecule has 3 rings (SSSR count). The van der Waals surface area contributed by atoms with Gasteiger partial charge in [0.1, 0.15) is 0 Å². The molecule has 3 amide bonds. The van der Waals surface area contributed by atoms with Crippen LogP contribution in [0.15, 0.2) is 18.2 Å². The molecule has 2 saturated heterocycles. The third kappa shape index (κ3) is 3.37. The summed E-state index contributed by atoms with van der Waals surface area (Å²) in [6.07, 6.45) is 0. The van der Waals surface area contributed by atoms with Gasteiger partial charge in [-0.25, -0.2) is 4.79 Å². The number of carbonyl (C=O) groups is 2. The first-order chi connectivity index (χ1) is 11.6. The molecule has 1 aromatic carbocycles. The number of nitrogens with zero attached hydrogens (tertiary/aromatic N) is 3. The number of urea groups is 1. The Labute approximate surface area is 141 Å². The summed E-state index contributed by atoms with van der Waals surface area (Å²) in [6.45, 7) is 6.97. The van der Waals surface area contributed by atoms with Crippen molar-refractivity contribution in [3.63, 3.8) is 0 Å². The second-order valence-corrected chi connectivity index (χ2v) is 6.24. The minimum absolute atomic E-state index is 0.0270. The van der Waals surface area contributed by atoms with Gasteiger partial charge in [-0.3, -0.25) is 14.6 Å². The Hall–Kier alpha value is -2.12. The summed E-state index contributed by atoms with van der Waals surface area (Å²) in [7, 11) is 0. The number of piperazine rings is 1. The van der Waals surface area contributed by atoms with Gasteiger partial charge in [-0.1, -0.05) is 0 Å². The molecule has 2 fully saturated rings. The van der Waals surface area contributed by atoms with Gasteiger partial charge in [0.05, 0.1) is 6.61 Å². The second kappa shape index (κ2) is 7.19. The first-order valence-corrected chi connectivity index (χ1v) is 8.38. The van der Waals surface area contributed by atoms with Gasteiger partial charge < -0.3 is 15.3 Å². The summed E-state index contributed by atoms with van der Waals surface area (Å²) in [5.41, 5.74) is 2.44. The van der Waals surface area contributed by atoms with Gasteiger partial charge in [-0.05, 0) is 30.7 Å². The van der Waals surface area contributed by atoms with E-state index in [0.29, 0.717) is 38.3 Å². The lowest BCUT2D eigenvalue weighted by atomic mass is 10.1. The fraction of sp³-hybridized carbons (Fsp3) is 0.529. The number of amides is 3. The SMILES string of the molecule is Cc1cc(C(=O)N2CCN(CCO)CC2)ccc1N1CCNC1=O. The lowest BCUT2D eigenvalue weighted by Gasteiger charge is -2.34. The molecular formula is C17H24N4O3. The molecule has 2 N–H and O–H groups in total. The van der Waals surface area contributed by atoms with Crippen LogP contribution in [0.1, 0.15) is 15.9 Å². The van der Waals surface area contributed by atoms with E-state index in [2.05, 4.69) is 10.2 Å². The summed E-state index contributed by atoms with van der Waals surface area (Å²) in [5.74, 6) is 0.0270. The molecule has 24 heavy (non-hydrogen) atoms. The van der Waals surface area contributed by atoms with Crippen molar-refractivity contribution in [1.82, 2.24) is 15.1 Å². The van der Waals surface area contributed by atoms with Gasteiger partial charge in [0.15, 0.2) is 0 Å². The molecule has 0 aliphatic carbocycles. The van der Waals surface area contributed by atoms with E-state index in [4.69, 9.17) is 5.11 Å². The fourth-order valence-electron chi connectivity index (χ4n) is 3.29. The minimum atomic E-state index is -0.0859. The number of aliphatic hydroxyl groups excluding tert-OH is 1. The average molecular weight is 332 g/mol. The van der Waals surface area contributed by atoms with Crippen molar-refractivity contribution in [2.75, 3.05) is 57.3 Å². The van der Waals surface area contributed by atoms with Crippen LogP contribution < -0.4 is 10.2 Å². The van der Waals surface area contributed by atoms with E-state index in [1.807, 2.05) is 24.0 Å². The second-order valence-electron chi connectivity index (χ2n) is 6.24. The Morgan fingerprint density at radius 3 is 2.54 bits per heavy atom. The van der Waals surface area contributed by atoms with Crippen molar-refractivity contribution in [3.05, 3.63) is 29.3 Å². The number of hydrogen-bond donors (Lipinski definition) is 2. The first kappa shape index (κ1) is 16.7. The summed E-state index contributed by atoms with van der Waals surface area (Å²) in [6, 6.07) is 5.44. The summed E-state index contributed by atoms with van der Waals surface area (Å²) in [4.78, 5) is 30.2. The van der Waals surface area contributed by atoms with Crippen LogP contribution in [0.4, 0.5) is 10.5 Å². The largest absolute Gasteiger partial charge is 0.395 e. The molecule has 2 aliphatic rings. The third-order valence-electron chi connectivity index (χ3n) is 4.67. The van der Waals surface area contributed by atoms with Crippen molar-refractivity contribution in [3.8, 4) is 0 Å². The zero-order valence-electron chi connectivity index (χ0n) is 14.0. The lowest BCUT2D eigenvalue weighted by Crippen LogP contribution is -2.49. The van der Waals surface area contributed by atoms with Gasteiger partial charge in [-0.2, -0.15) is 0 Å². The van der Waals surface area contributed by atoms with Crippen LogP contribution in [0.5, 0.6) is 0 Å². The van der Waals surface area contributed by atoms with Crippen molar-refractivity contribution in [2.45, 2.75) is 6.92 Å². The number of hydrogen-bond acceptors (Lipinski definition) is 4. The number of nitrogens with one attached hydrogen (secondary N) is 1. The highest BCUT2D eigenvalue weighted by molar-refractivity contribution is 5.98. The Morgan fingerprint density at radius 1 is 1.21 bits per heavy atom. The number of rotatable bonds is 4. The molecule has 2 aliphatic heterocycles. The van der Waals surface area contributed by atoms with E-state index in [0.717, 1.165) is 24.3 Å². The van der Waals surface area contributed by atoms with E-state index in [9.17, 15) is 9.59 Å². The molecule has 0 unspecified atom stereocenters. The maximum Gasteiger partial charge on any atom is 0.322 e. The maximum absolute atomic E-state index is 12.7. The standard InChI is InChI=1S/C17H24N4O3/c1-13-12-14(2-3-15(13)21-5-4-18-17(21)24)16(23)20-8-6-19(7-9-20)10-11-22/h2-3,12,22H,4-11H2,1H3,(H,18,24). The number of anilines is 1. The average Bonchev–Trinajstić information content (AvgIpc) is 3.01. The van der Waals surface area contributed by atoms with Crippen LogP contribution in [-0.4, -0.2) is 79.3 Å². The van der Waals surface area contributed by atoms with Gasteiger partial charge in [-0.15, -0.1) is 0 Å². The maximum atomic E-state index is 12.7. The van der Waals surface area contributed by atoms with Crippen LogP contribution in [0.25, 0.3) is 0 Å². The highest BCUT2D eigenvalue weighted by Crippen LogP contribution is 2.23. The summed E-state index contributed by atoms with van der Waals surface area (Å²) >= 11 is 0. The quantitative estimate of drug-likeness (QED) is 0.830. The summed E-state index contributed by atoms with van der Waals surface area (Å²) < 4.78 is 0. The highest BCUT2D eigenvalue weighted by atomic mass is 16.3. The van der Waals surface area contributed by atoms with Crippen LogP contribution in [0.2, 0.25) is 0 Å². The van der Waals surface area contributed by atoms with Gasteiger partial charge in [0.2, 0.25) is 0 Å². The van der Waals surface area contributed by atoms with Crippen LogP contribution in [0, 0.1) is 6.92 Å². The third-order valence-corrected chi connectivity index (χ3v) is 4.67. The number of benzene rings is 1. The normalized spacial score (nSPS) is 18.8. The molecule has 1 aromatic rings. The lowest BCUT2D eigenvalue weighted by molar-refractivity contribution is 0.0615. The van der Waals surface area contributed by atoms with E-state index in [-0.39, 0.29) is 18.5 Å². The molecular weight excluding hydrogens is 308 g/mol. The molecule has 130 valence electrons. The molecule has 7 heteroatoms. The Bertz CT molecular complexity index is 626.